The Morgan fingerprint density at radius 1 is 1.24 bits per heavy atom. The van der Waals surface area contributed by atoms with Crippen molar-refractivity contribution in [2.75, 3.05) is 26.3 Å². The summed E-state index contributed by atoms with van der Waals surface area (Å²) in [5.41, 5.74) is 1.69. The molecule has 0 aromatic carbocycles. The second-order valence-corrected chi connectivity index (χ2v) is 6.05. The molecule has 2 aromatic rings. The van der Waals surface area contributed by atoms with E-state index in [2.05, 4.69) is 10.2 Å². The number of hydrogen-bond acceptors (Lipinski definition) is 4. The van der Waals surface area contributed by atoms with Gasteiger partial charge in [0.05, 0.1) is 11.8 Å². The SMILES string of the molecule is O=C(c1cnn2ncccc12)N1CCC2(CCOCC2)C1. The molecule has 0 aliphatic carbocycles. The van der Waals surface area contributed by atoms with Gasteiger partial charge in [-0.05, 0) is 36.8 Å². The van der Waals surface area contributed by atoms with Gasteiger partial charge in [-0.2, -0.15) is 14.8 Å². The van der Waals surface area contributed by atoms with E-state index in [0.29, 0.717) is 5.56 Å². The van der Waals surface area contributed by atoms with Gasteiger partial charge in [0, 0.05) is 32.5 Å². The largest absolute Gasteiger partial charge is 0.381 e. The number of rotatable bonds is 1. The smallest absolute Gasteiger partial charge is 0.257 e. The minimum atomic E-state index is 0.0707. The van der Waals surface area contributed by atoms with Crippen molar-refractivity contribution >= 4 is 11.4 Å². The maximum Gasteiger partial charge on any atom is 0.257 e. The number of ether oxygens (including phenoxy) is 1. The van der Waals surface area contributed by atoms with Crippen LogP contribution in [0.25, 0.3) is 5.52 Å². The molecule has 2 saturated heterocycles. The molecular weight excluding hydrogens is 268 g/mol. The summed E-state index contributed by atoms with van der Waals surface area (Å²) >= 11 is 0. The molecule has 2 aliphatic rings. The summed E-state index contributed by atoms with van der Waals surface area (Å²) < 4.78 is 6.96. The first-order chi connectivity index (χ1) is 10.3. The highest BCUT2D eigenvalue weighted by Crippen LogP contribution is 2.40. The van der Waals surface area contributed by atoms with Gasteiger partial charge in [0.1, 0.15) is 5.52 Å². The van der Waals surface area contributed by atoms with Crippen LogP contribution in [0.2, 0.25) is 0 Å². The molecule has 0 radical (unpaired) electrons. The van der Waals surface area contributed by atoms with E-state index in [4.69, 9.17) is 4.74 Å². The number of amides is 1. The molecule has 0 atom stereocenters. The minimum Gasteiger partial charge on any atom is -0.381 e. The van der Waals surface area contributed by atoms with Gasteiger partial charge in [-0.25, -0.2) is 0 Å². The zero-order valence-corrected chi connectivity index (χ0v) is 11.9. The van der Waals surface area contributed by atoms with E-state index in [0.717, 1.165) is 51.1 Å². The van der Waals surface area contributed by atoms with Gasteiger partial charge >= 0.3 is 0 Å². The number of carbonyl (C=O) groups is 1. The number of carbonyl (C=O) groups excluding carboxylic acids is 1. The van der Waals surface area contributed by atoms with Crippen LogP contribution < -0.4 is 0 Å². The van der Waals surface area contributed by atoms with E-state index in [1.807, 2.05) is 17.0 Å². The number of aromatic nitrogens is 3. The molecule has 4 heterocycles. The van der Waals surface area contributed by atoms with Crippen molar-refractivity contribution < 1.29 is 9.53 Å². The molecule has 6 nitrogen and oxygen atoms in total. The average Bonchev–Trinajstić information content (AvgIpc) is 3.12. The predicted octanol–water partition coefficient (Wildman–Crippen LogP) is 1.37. The summed E-state index contributed by atoms with van der Waals surface area (Å²) in [5.74, 6) is 0.0707. The first-order valence-corrected chi connectivity index (χ1v) is 7.44. The number of hydrogen-bond donors (Lipinski definition) is 0. The van der Waals surface area contributed by atoms with Gasteiger partial charge in [-0.15, -0.1) is 0 Å². The van der Waals surface area contributed by atoms with Crippen molar-refractivity contribution in [2.45, 2.75) is 19.3 Å². The third-order valence-electron chi connectivity index (χ3n) is 4.81. The highest BCUT2D eigenvalue weighted by atomic mass is 16.5. The van der Waals surface area contributed by atoms with E-state index >= 15 is 0 Å². The lowest BCUT2D eigenvalue weighted by Gasteiger charge is -2.33. The Bertz CT molecular complexity index is 675. The summed E-state index contributed by atoms with van der Waals surface area (Å²) in [6, 6.07) is 3.71. The number of fused-ring (bicyclic) bond motifs is 1. The molecule has 0 saturated carbocycles. The molecule has 2 aromatic heterocycles. The fraction of sp³-hybridized carbons (Fsp3) is 0.533. The lowest BCUT2D eigenvalue weighted by molar-refractivity contribution is 0.0191. The van der Waals surface area contributed by atoms with Crippen molar-refractivity contribution in [2.24, 2.45) is 5.41 Å². The fourth-order valence-corrected chi connectivity index (χ4v) is 3.49. The van der Waals surface area contributed by atoms with Crippen LogP contribution in [0, 0.1) is 5.41 Å². The van der Waals surface area contributed by atoms with Gasteiger partial charge in [0.25, 0.3) is 5.91 Å². The second kappa shape index (κ2) is 4.80. The van der Waals surface area contributed by atoms with E-state index < -0.39 is 0 Å². The maximum atomic E-state index is 12.8. The van der Waals surface area contributed by atoms with Crippen LogP contribution in [-0.2, 0) is 4.74 Å². The van der Waals surface area contributed by atoms with Gasteiger partial charge in [0.2, 0.25) is 0 Å². The van der Waals surface area contributed by atoms with Crippen molar-refractivity contribution in [3.8, 4) is 0 Å². The second-order valence-electron chi connectivity index (χ2n) is 6.05. The molecule has 4 rings (SSSR count). The Balaban J connectivity index is 1.58. The van der Waals surface area contributed by atoms with Gasteiger partial charge < -0.3 is 9.64 Å². The summed E-state index contributed by atoms with van der Waals surface area (Å²) in [6.45, 7) is 3.31. The molecule has 110 valence electrons. The third-order valence-corrected chi connectivity index (χ3v) is 4.81. The van der Waals surface area contributed by atoms with Gasteiger partial charge in [-0.1, -0.05) is 0 Å². The molecule has 0 N–H and O–H groups in total. The lowest BCUT2D eigenvalue weighted by Crippen LogP contribution is -2.35. The Morgan fingerprint density at radius 3 is 2.95 bits per heavy atom. The summed E-state index contributed by atoms with van der Waals surface area (Å²) in [6.07, 6.45) is 6.50. The molecule has 21 heavy (non-hydrogen) atoms. The van der Waals surface area contributed by atoms with Gasteiger partial charge in [0.15, 0.2) is 0 Å². The topological polar surface area (TPSA) is 59.7 Å². The highest BCUT2D eigenvalue weighted by molar-refractivity contribution is 6.00. The van der Waals surface area contributed by atoms with Crippen molar-refractivity contribution in [1.29, 1.82) is 0 Å². The van der Waals surface area contributed by atoms with E-state index in [1.54, 1.807) is 12.4 Å². The van der Waals surface area contributed by atoms with Crippen LogP contribution in [0.15, 0.2) is 24.5 Å². The summed E-state index contributed by atoms with van der Waals surface area (Å²) in [4.78, 5) is 14.7. The van der Waals surface area contributed by atoms with Crippen LogP contribution in [0.3, 0.4) is 0 Å². The number of nitrogens with zero attached hydrogens (tertiary/aromatic N) is 4. The lowest BCUT2D eigenvalue weighted by atomic mass is 9.80. The van der Waals surface area contributed by atoms with E-state index in [1.165, 1.54) is 4.63 Å². The Morgan fingerprint density at radius 2 is 2.10 bits per heavy atom. The quantitative estimate of drug-likeness (QED) is 0.794. The first kappa shape index (κ1) is 12.8. The molecule has 0 unspecified atom stereocenters. The summed E-state index contributed by atoms with van der Waals surface area (Å²) in [5, 5.41) is 8.27. The Hall–Kier alpha value is -1.95. The summed E-state index contributed by atoms with van der Waals surface area (Å²) in [7, 11) is 0. The maximum absolute atomic E-state index is 12.8. The van der Waals surface area contributed by atoms with Crippen LogP contribution in [-0.4, -0.2) is 51.9 Å². The number of likely N-dealkylation sites (tertiary alicyclic amines) is 1. The molecular formula is C15H18N4O2. The molecule has 0 bridgehead atoms. The van der Waals surface area contributed by atoms with Gasteiger partial charge in [-0.3, -0.25) is 4.79 Å². The van der Waals surface area contributed by atoms with Crippen molar-refractivity contribution in [3.63, 3.8) is 0 Å². The van der Waals surface area contributed by atoms with E-state index in [9.17, 15) is 4.79 Å². The Labute approximate surface area is 122 Å². The molecule has 1 spiro atoms. The fourth-order valence-electron chi connectivity index (χ4n) is 3.49. The van der Waals surface area contributed by atoms with Crippen LogP contribution in [0.1, 0.15) is 29.6 Å². The zero-order chi connectivity index (χ0) is 14.3. The molecule has 1 amide bonds. The third kappa shape index (κ3) is 2.10. The zero-order valence-electron chi connectivity index (χ0n) is 11.9. The van der Waals surface area contributed by atoms with Crippen LogP contribution in [0.4, 0.5) is 0 Å². The molecule has 6 heteroatoms. The van der Waals surface area contributed by atoms with E-state index in [-0.39, 0.29) is 11.3 Å². The normalized spacial score (nSPS) is 21.2. The first-order valence-electron chi connectivity index (χ1n) is 7.44. The molecule has 2 aliphatic heterocycles. The van der Waals surface area contributed by atoms with Crippen LogP contribution in [0.5, 0.6) is 0 Å². The molecule has 2 fully saturated rings. The highest BCUT2D eigenvalue weighted by Gasteiger charge is 2.41. The minimum absolute atomic E-state index is 0.0707. The van der Waals surface area contributed by atoms with Crippen molar-refractivity contribution in [3.05, 3.63) is 30.1 Å². The van der Waals surface area contributed by atoms with Crippen LogP contribution >= 0.6 is 0 Å². The average molecular weight is 286 g/mol. The monoisotopic (exact) mass is 286 g/mol. The predicted molar refractivity (Wildman–Crippen MR) is 76.0 cm³/mol. The Kier molecular flexibility index (Phi) is 2.92. The van der Waals surface area contributed by atoms with Crippen molar-refractivity contribution in [1.82, 2.24) is 19.7 Å². The standard InChI is InChI=1S/C15H18N4O2/c20-14(12-10-17-19-13(12)2-1-6-16-19)18-7-3-15(11-18)4-8-21-9-5-15/h1-2,6,10H,3-5,7-9,11H2.